The Morgan fingerprint density at radius 3 is 2.56 bits per heavy atom. The summed E-state index contributed by atoms with van der Waals surface area (Å²) in [6, 6.07) is 4.61. The lowest BCUT2D eigenvalue weighted by Crippen LogP contribution is -2.08. The predicted octanol–water partition coefficient (Wildman–Crippen LogP) is 5.00. The Balaban J connectivity index is 2.27. The van der Waals surface area contributed by atoms with E-state index in [2.05, 4.69) is 66.1 Å². The first-order valence-corrected chi connectivity index (χ1v) is 7.59. The van der Waals surface area contributed by atoms with Gasteiger partial charge in [0.15, 0.2) is 0 Å². The number of hydrogen-bond acceptors (Lipinski definition) is 3. The van der Waals surface area contributed by atoms with Crippen molar-refractivity contribution in [3.63, 3.8) is 0 Å². The van der Waals surface area contributed by atoms with E-state index in [4.69, 9.17) is 0 Å². The van der Waals surface area contributed by atoms with Gasteiger partial charge in [-0.25, -0.2) is 4.98 Å². The highest BCUT2D eigenvalue weighted by atomic mass is 79.9. The van der Waals surface area contributed by atoms with Crippen molar-refractivity contribution in [3.8, 4) is 0 Å². The Kier molecular flexibility index (Phi) is 4.07. The van der Waals surface area contributed by atoms with Crippen LogP contribution >= 0.6 is 27.3 Å². The summed E-state index contributed by atoms with van der Waals surface area (Å²) in [6.45, 7) is 8.47. The lowest BCUT2D eigenvalue weighted by molar-refractivity contribution is 0.887. The summed E-state index contributed by atoms with van der Waals surface area (Å²) in [5, 5.41) is 3.57. The van der Waals surface area contributed by atoms with Gasteiger partial charge in [-0.2, -0.15) is 0 Å². The van der Waals surface area contributed by atoms with Gasteiger partial charge in [0, 0.05) is 9.35 Å². The molecule has 4 heteroatoms. The van der Waals surface area contributed by atoms with Crippen LogP contribution in [0.4, 0.5) is 5.69 Å². The maximum Gasteiger partial charge on any atom is 0.0798 e. The molecular formula is C14H17BrN2S. The van der Waals surface area contributed by atoms with Gasteiger partial charge in [0.1, 0.15) is 0 Å². The summed E-state index contributed by atoms with van der Waals surface area (Å²) in [7, 11) is 0. The first-order chi connectivity index (χ1) is 8.49. The van der Waals surface area contributed by atoms with Crippen LogP contribution in [0.25, 0.3) is 0 Å². The first kappa shape index (κ1) is 13.6. The average molecular weight is 325 g/mol. The van der Waals surface area contributed by atoms with Crippen molar-refractivity contribution in [2.24, 2.45) is 0 Å². The molecule has 1 unspecified atom stereocenters. The summed E-state index contributed by atoms with van der Waals surface area (Å²) in [4.78, 5) is 5.60. The van der Waals surface area contributed by atoms with Crippen LogP contribution in [0.15, 0.2) is 22.1 Å². The third-order valence-electron chi connectivity index (χ3n) is 2.97. The van der Waals surface area contributed by atoms with Crippen molar-refractivity contribution in [1.82, 2.24) is 4.98 Å². The fraction of sp³-hybridized carbons (Fsp3) is 0.357. The zero-order chi connectivity index (χ0) is 13.3. The van der Waals surface area contributed by atoms with Crippen molar-refractivity contribution in [3.05, 3.63) is 43.8 Å². The average Bonchev–Trinajstić information content (AvgIpc) is 2.69. The third-order valence-corrected chi connectivity index (χ3v) is 4.71. The van der Waals surface area contributed by atoms with Gasteiger partial charge in [-0.1, -0.05) is 6.07 Å². The largest absolute Gasteiger partial charge is 0.377 e. The number of halogens is 1. The number of rotatable bonds is 3. The second-order valence-corrected chi connectivity index (χ2v) is 6.35. The van der Waals surface area contributed by atoms with Gasteiger partial charge in [-0.05, 0) is 60.8 Å². The van der Waals surface area contributed by atoms with Crippen molar-refractivity contribution in [1.29, 1.82) is 0 Å². The molecule has 96 valence electrons. The van der Waals surface area contributed by atoms with Crippen LogP contribution in [0.1, 0.15) is 34.7 Å². The molecule has 2 rings (SSSR count). The molecule has 0 saturated heterocycles. The minimum absolute atomic E-state index is 0.273. The lowest BCUT2D eigenvalue weighted by Gasteiger charge is -2.18. The molecule has 2 aromatic rings. The topological polar surface area (TPSA) is 24.9 Å². The number of nitrogens with zero attached hydrogens (tertiary/aromatic N) is 1. The third kappa shape index (κ3) is 2.75. The number of nitrogens with one attached hydrogen (secondary N) is 1. The first-order valence-electron chi connectivity index (χ1n) is 5.92. The summed E-state index contributed by atoms with van der Waals surface area (Å²) in [5.41, 5.74) is 6.71. The second-order valence-electron chi connectivity index (χ2n) is 4.61. The van der Waals surface area contributed by atoms with Gasteiger partial charge >= 0.3 is 0 Å². The number of aromatic nitrogens is 1. The molecule has 0 bridgehead atoms. The molecule has 0 spiro atoms. The number of thiazole rings is 1. The van der Waals surface area contributed by atoms with E-state index < -0.39 is 0 Å². The van der Waals surface area contributed by atoms with E-state index in [-0.39, 0.29) is 6.04 Å². The molecule has 1 aromatic heterocycles. The molecule has 0 radical (unpaired) electrons. The van der Waals surface area contributed by atoms with Crippen LogP contribution < -0.4 is 5.32 Å². The molecule has 0 amide bonds. The summed E-state index contributed by atoms with van der Waals surface area (Å²) in [6.07, 6.45) is 0. The van der Waals surface area contributed by atoms with Crippen LogP contribution in [0.5, 0.6) is 0 Å². The van der Waals surface area contributed by atoms with Crippen molar-refractivity contribution in [2.45, 2.75) is 33.7 Å². The van der Waals surface area contributed by atoms with Gasteiger partial charge in [0.2, 0.25) is 0 Å². The zero-order valence-electron chi connectivity index (χ0n) is 11.0. The van der Waals surface area contributed by atoms with Crippen LogP contribution in [-0.4, -0.2) is 4.98 Å². The quantitative estimate of drug-likeness (QED) is 0.858. The summed E-state index contributed by atoms with van der Waals surface area (Å²) >= 11 is 5.34. The molecule has 0 fully saturated rings. The van der Waals surface area contributed by atoms with Crippen molar-refractivity contribution in [2.75, 3.05) is 5.32 Å². The molecule has 18 heavy (non-hydrogen) atoms. The molecule has 0 aliphatic heterocycles. The number of aryl methyl sites for hydroxylation is 3. The molecule has 1 aromatic carbocycles. The SMILES string of the molecule is Cc1cc(C)c(NC(C)c2scnc2C)c(Br)c1. The molecular weight excluding hydrogens is 308 g/mol. The molecule has 1 atom stereocenters. The highest BCUT2D eigenvalue weighted by Crippen LogP contribution is 2.32. The fourth-order valence-electron chi connectivity index (χ4n) is 2.11. The van der Waals surface area contributed by atoms with Crippen LogP contribution in [-0.2, 0) is 0 Å². The normalized spacial score (nSPS) is 12.5. The monoisotopic (exact) mass is 324 g/mol. The Morgan fingerprint density at radius 2 is 2.00 bits per heavy atom. The minimum atomic E-state index is 0.273. The molecule has 0 saturated carbocycles. The lowest BCUT2D eigenvalue weighted by atomic mass is 10.1. The van der Waals surface area contributed by atoms with Gasteiger partial charge in [-0.15, -0.1) is 11.3 Å². The Labute approximate surface area is 121 Å². The van der Waals surface area contributed by atoms with E-state index >= 15 is 0 Å². The summed E-state index contributed by atoms with van der Waals surface area (Å²) < 4.78 is 1.12. The van der Waals surface area contributed by atoms with Crippen LogP contribution in [0.3, 0.4) is 0 Å². The Hall–Kier alpha value is -0.870. The minimum Gasteiger partial charge on any atom is -0.377 e. The Morgan fingerprint density at radius 1 is 1.28 bits per heavy atom. The maximum atomic E-state index is 4.31. The van der Waals surface area contributed by atoms with Crippen LogP contribution in [0.2, 0.25) is 0 Å². The van der Waals surface area contributed by atoms with Gasteiger partial charge < -0.3 is 5.32 Å². The van der Waals surface area contributed by atoms with E-state index in [9.17, 15) is 0 Å². The molecule has 2 nitrogen and oxygen atoms in total. The van der Waals surface area contributed by atoms with E-state index in [0.29, 0.717) is 0 Å². The molecule has 0 aliphatic carbocycles. The number of hydrogen-bond donors (Lipinski definition) is 1. The zero-order valence-corrected chi connectivity index (χ0v) is 13.4. The summed E-state index contributed by atoms with van der Waals surface area (Å²) in [5.74, 6) is 0. The van der Waals surface area contributed by atoms with Crippen LogP contribution in [0, 0.1) is 20.8 Å². The van der Waals surface area contributed by atoms with Gasteiger partial charge in [0.25, 0.3) is 0 Å². The van der Waals surface area contributed by atoms with Gasteiger partial charge in [0.05, 0.1) is 22.9 Å². The van der Waals surface area contributed by atoms with Crippen molar-refractivity contribution < 1.29 is 0 Å². The molecule has 1 heterocycles. The number of anilines is 1. The highest BCUT2D eigenvalue weighted by Gasteiger charge is 2.13. The number of benzene rings is 1. The predicted molar refractivity (Wildman–Crippen MR) is 82.5 cm³/mol. The maximum absolute atomic E-state index is 4.31. The van der Waals surface area contributed by atoms with Gasteiger partial charge in [-0.3, -0.25) is 0 Å². The molecule has 0 aliphatic rings. The fourth-order valence-corrected chi connectivity index (χ4v) is 3.71. The molecule has 1 N–H and O–H groups in total. The standard InChI is InChI=1S/C14H17BrN2S/c1-8-5-9(2)13(12(15)6-8)17-11(4)14-10(3)16-7-18-14/h5-7,11,17H,1-4H3. The van der Waals surface area contributed by atoms with E-state index in [1.807, 2.05) is 5.51 Å². The Bertz CT molecular complexity index is 540. The smallest absolute Gasteiger partial charge is 0.0798 e. The van der Waals surface area contributed by atoms with E-state index in [1.54, 1.807) is 11.3 Å². The second kappa shape index (κ2) is 5.41. The van der Waals surface area contributed by atoms with E-state index in [0.717, 1.165) is 10.2 Å². The highest BCUT2D eigenvalue weighted by molar-refractivity contribution is 9.10. The van der Waals surface area contributed by atoms with E-state index in [1.165, 1.54) is 21.7 Å². The van der Waals surface area contributed by atoms with Crippen molar-refractivity contribution >= 4 is 33.0 Å².